The minimum atomic E-state index is 0.613. The van der Waals surface area contributed by atoms with E-state index in [2.05, 4.69) is 25.1 Å². The average Bonchev–Trinajstić information content (AvgIpc) is 2.79. The van der Waals surface area contributed by atoms with Crippen molar-refractivity contribution >= 4 is 11.6 Å². The molecule has 2 rings (SSSR count). The van der Waals surface area contributed by atoms with E-state index in [1.54, 1.807) is 0 Å². The number of aromatic nitrogens is 2. The third-order valence-electron chi connectivity index (χ3n) is 2.27. The highest BCUT2D eigenvalue weighted by atomic mass is 35.5. The van der Waals surface area contributed by atoms with Crippen molar-refractivity contribution in [2.75, 3.05) is 0 Å². The van der Waals surface area contributed by atoms with E-state index in [-0.39, 0.29) is 0 Å². The predicted octanol–water partition coefficient (Wildman–Crippen LogP) is 2.87. The van der Waals surface area contributed by atoms with Crippen LogP contribution in [-0.2, 0) is 6.54 Å². The number of hydrogen-bond donors (Lipinski definition) is 0. The molecule has 1 aromatic heterocycles. The van der Waals surface area contributed by atoms with Crippen molar-refractivity contribution in [3.05, 3.63) is 16.9 Å². The van der Waals surface area contributed by atoms with Crippen LogP contribution in [0.4, 0.5) is 0 Å². The maximum Gasteiger partial charge on any atom is 0.133 e. The average molecular weight is 198 g/mol. The first-order chi connectivity index (χ1) is 6.18. The molecule has 0 bridgehead atoms. The molecule has 0 spiro atoms. The van der Waals surface area contributed by atoms with Crippen molar-refractivity contribution in [2.45, 2.75) is 39.2 Å². The second-order valence-corrected chi connectivity index (χ2v) is 4.54. The van der Waals surface area contributed by atoms with Gasteiger partial charge in [-0.25, -0.2) is 0 Å². The van der Waals surface area contributed by atoms with Gasteiger partial charge in [0.15, 0.2) is 0 Å². The van der Waals surface area contributed by atoms with E-state index >= 15 is 0 Å². The Hall–Kier alpha value is -0.500. The molecular weight excluding hydrogens is 184 g/mol. The maximum atomic E-state index is 6.02. The standard InChI is InChI=1S/C10H14ClN2/c1-7(2)6-13-10(8-3-4-8)9(11)5-12-13/h7-8H,3-4,6H2,1-2H3. The summed E-state index contributed by atoms with van der Waals surface area (Å²) in [5.74, 6) is 1.27. The van der Waals surface area contributed by atoms with Gasteiger partial charge in [-0.2, -0.15) is 5.10 Å². The van der Waals surface area contributed by atoms with Crippen molar-refractivity contribution in [1.29, 1.82) is 0 Å². The summed E-state index contributed by atoms with van der Waals surface area (Å²) in [5, 5.41) is 4.90. The fourth-order valence-corrected chi connectivity index (χ4v) is 1.85. The topological polar surface area (TPSA) is 17.8 Å². The number of rotatable bonds is 3. The molecule has 1 heterocycles. The number of halogens is 1. The van der Waals surface area contributed by atoms with Gasteiger partial charge < -0.3 is 0 Å². The monoisotopic (exact) mass is 197 g/mol. The van der Waals surface area contributed by atoms with E-state index in [1.807, 2.05) is 4.68 Å². The second kappa shape index (κ2) is 3.33. The van der Waals surface area contributed by atoms with Gasteiger partial charge >= 0.3 is 0 Å². The minimum absolute atomic E-state index is 0.613. The van der Waals surface area contributed by atoms with Crippen LogP contribution in [-0.4, -0.2) is 9.78 Å². The lowest BCUT2D eigenvalue weighted by Gasteiger charge is -2.08. The summed E-state index contributed by atoms with van der Waals surface area (Å²) in [7, 11) is 0. The highest BCUT2D eigenvalue weighted by Crippen LogP contribution is 2.43. The van der Waals surface area contributed by atoms with E-state index in [1.165, 1.54) is 18.5 Å². The molecule has 2 nitrogen and oxygen atoms in total. The normalized spacial score (nSPS) is 16.9. The minimum Gasteiger partial charge on any atom is -0.267 e. The van der Waals surface area contributed by atoms with E-state index in [0.29, 0.717) is 11.8 Å². The van der Waals surface area contributed by atoms with Gasteiger partial charge in [-0.1, -0.05) is 25.4 Å². The fraction of sp³-hybridized carbons (Fsp3) is 0.700. The van der Waals surface area contributed by atoms with Crippen LogP contribution in [0.3, 0.4) is 0 Å². The van der Waals surface area contributed by atoms with Crippen molar-refractivity contribution < 1.29 is 0 Å². The summed E-state index contributed by atoms with van der Waals surface area (Å²) >= 11 is 6.02. The van der Waals surface area contributed by atoms with Crippen LogP contribution in [0, 0.1) is 12.1 Å². The summed E-state index contributed by atoms with van der Waals surface area (Å²) in [6, 6.07) is 0. The quantitative estimate of drug-likeness (QED) is 0.729. The Morgan fingerprint density at radius 2 is 2.31 bits per heavy atom. The van der Waals surface area contributed by atoms with Gasteiger partial charge in [0.2, 0.25) is 0 Å². The zero-order valence-electron chi connectivity index (χ0n) is 8.05. The van der Waals surface area contributed by atoms with E-state index < -0.39 is 0 Å². The van der Waals surface area contributed by atoms with Gasteiger partial charge in [-0.05, 0) is 18.8 Å². The van der Waals surface area contributed by atoms with Gasteiger partial charge in [0.25, 0.3) is 0 Å². The molecule has 13 heavy (non-hydrogen) atoms. The summed E-state index contributed by atoms with van der Waals surface area (Å²) in [5.41, 5.74) is 1.20. The van der Waals surface area contributed by atoms with Crippen LogP contribution in [0.1, 0.15) is 38.3 Å². The van der Waals surface area contributed by atoms with Gasteiger partial charge in [0.1, 0.15) is 6.20 Å². The summed E-state index contributed by atoms with van der Waals surface area (Å²) in [4.78, 5) is 0. The van der Waals surface area contributed by atoms with Gasteiger partial charge in [-0.15, -0.1) is 0 Å². The lowest BCUT2D eigenvalue weighted by molar-refractivity contribution is 0.468. The van der Waals surface area contributed by atoms with E-state index in [0.717, 1.165) is 11.6 Å². The Labute approximate surface area is 83.9 Å². The highest BCUT2D eigenvalue weighted by molar-refractivity contribution is 6.31. The predicted molar refractivity (Wildman–Crippen MR) is 52.9 cm³/mol. The molecule has 0 aromatic carbocycles. The lowest BCUT2D eigenvalue weighted by Crippen LogP contribution is -2.09. The Morgan fingerprint density at radius 3 is 2.85 bits per heavy atom. The highest BCUT2D eigenvalue weighted by Gasteiger charge is 2.29. The summed E-state index contributed by atoms with van der Waals surface area (Å²) < 4.78 is 2.02. The van der Waals surface area contributed by atoms with Gasteiger partial charge in [0, 0.05) is 12.5 Å². The first-order valence-electron chi connectivity index (χ1n) is 4.82. The molecule has 0 amide bonds. The molecule has 0 unspecified atom stereocenters. The molecule has 1 saturated carbocycles. The molecule has 0 aliphatic heterocycles. The largest absolute Gasteiger partial charge is 0.267 e. The SMILES string of the molecule is CC(C)Cn1n[c]c(Cl)c1C1CC1. The lowest BCUT2D eigenvalue weighted by atomic mass is 10.2. The van der Waals surface area contributed by atoms with E-state index in [4.69, 9.17) is 11.6 Å². The van der Waals surface area contributed by atoms with Crippen molar-refractivity contribution in [2.24, 2.45) is 5.92 Å². The van der Waals surface area contributed by atoms with Gasteiger partial charge in [-0.3, -0.25) is 4.68 Å². The number of nitrogens with zero attached hydrogens (tertiary/aromatic N) is 2. The fourth-order valence-electron chi connectivity index (χ4n) is 1.56. The van der Waals surface area contributed by atoms with Crippen molar-refractivity contribution in [1.82, 2.24) is 9.78 Å². The molecule has 1 aliphatic carbocycles. The molecule has 0 atom stereocenters. The molecule has 1 aliphatic rings. The van der Waals surface area contributed by atoms with Crippen LogP contribution in [0.15, 0.2) is 0 Å². The molecule has 0 N–H and O–H groups in total. The third-order valence-corrected chi connectivity index (χ3v) is 2.55. The van der Waals surface area contributed by atoms with Crippen LogP contribution in [0.5, 0.6) is 0 Å². The van der Waals surface area contributed by atoms with Crippen LogP contribution in [0.25, 0.3) is 0 Å². The Balaban J connectivity index is 2.23. The smallest absolute Gasteiger partial charge is 0.133 e. The maximum absolute atomic E-state index is 6.02. The molecule has 3 heteroatoms. The third kappa shape index (κ3) is 1.88. The van der Waals surface area contributed by atoms with Crippen LogP contribution in [0.2, 0.25) is 5.02 Å². The molecule has 1 fully saturated rings. The first-order valence-corrected chi connectivity index (χ1v) is 5.20. The summed E-state index contributed by atoms with van der Waals surface area (Å²) in [6.07, 6.45) is 5.36. The second-order valence-electron chi connectivity index (χ2n) is 4.16. The Kier molecular flexibility index (Phi) is 2.33. The Bertz CT molecular complexity index is 300. The van der Waals surface area contributed by atoms with Crippen molar-refractivity contribution in [3.63, 3.8) is 0 Å². The molecule has 1 aromatic rings. The van der Waals surface area contributed by atoms with Crippen LogP contribution >= 0.6 is 11.6 Å². The Morgan fingerprint density at radius 1 is 1.62 bits per heavy atom. The molecule has 1 radical (unpaired) electrons. The molecular formula is C10H14ClN2. The molecule has 0 saturated heterocycles. The van der Waals surface area contributed by atoms with E-state index in [9.17, 15) is 0 Å². The summed E-state index contributed by atoms with van der Waals surface area (Å²) in [6.45, 7) is 5.33. The van der Waals surface area contributed by atoms with Gasteiger partial charge in [0.05, 0.1) is 10.7 Å². The van der Waals surface area contributed by atoms with Crippen molar-refractivity contribution in [3.8, 4) is 0 Å². The van der Waals surface area contributed by atoms with Crippen LogP contribution < -0.4 is 0 Å². The first kappa shape index (κ1) is 9.07. The molecule has 71 valence electrons. The zero-order valence-corrected chi connectivity index (χ0v) is 8.80. The zero-order chi connectivity index (χ0) is 9.42. The number of hydrogen-bond acceptors (Lipinski definition) is 1.